The molecule has 0 heterocycles. The molecule has 0 aliphatic rings. The Morgan fingerprint density at radius 1 is 0.628 bits per heavy atom. The molecule has 0 spiro atoms. The van der Waals surface area contributed by atoms with Gasteiger partial charge in [0.2, 0.25) is 0 Å². The maximum Gasteiger partial charge on any atom is 0.343 e. The molecular formula is C38H50O5. The van der Waals surface area contributed by atoms with Crippen LogP contribution in [0.15, 0.2) is 72.7 Å². The molecular weight excluding hydrogens is 536 g/mol. The Hall–Kier alpha value is -3.60. The van der Waals surface area contributed by atoms with Gasteiger partial charge in [-0.05, 0) is 85.8 Å². The van der Waals surface area contributed by atoms with Crippen LogP contribution in [-0.2, 0) is 4.74 Å². The second-order valence-electron chi connectivity index (χ2n) is 11.2. The summed E-state index contributed by atoms with van der Waals surface area (Å²) in [6.45, 7) is 6.78. The third-order valence-electron chi connectivity index (χ3n) is 7.49. The minimum atomic E-state index is -0.637. The van der Waals surface area contributed by atoms with Crippen LogP contribution in [0.5, 0.6) is 11.5 Å². The molecule has 0 aliphatic heterocycles. The molecule has 1 atom stereocenters. The van der Waals surface area contributed by atoms with Crippen LogP contribution in [0.2, 0.25) is 0 Å². The lowest BCUT2D eigenvalue weighted by Gasteiger charge is -2.13. The average molecular weight is 589 g/mol. The highest BCUT2D eigenvalue weighted by molar-refractivity contribution is 5.91. The van der Waals surface area contributed by atoms with Crippen molar-refractivity contribution in [1.82, 2.24) is 0 Å². The first-order chi connectivity index (χ1) is 21.8. The number of carbonyl (C=O) groups is 2. The first kappa shape index (κ1) is 30.8. The minimum absolute atomic E-state index is 0.00174. The molecule has 0 saturated carbocycles. The molecule has 232 valence electrons. The summed E-state index contributed by atoms with van der Waals surface area (Å²) in [6, 6.07) is 17.1. The average Bonchev–Trinajstić information content (AvgIpc) is 3.03. The van der Waals surface area contributed by atoms with Crippen molar-refractivity contribution in [2.24, 2.45) is 0 Å². The largest absolute Gasteiger partial charge is 0.494 e. The fourth-order valence-corrected chi connectivity index (χ4v) is 4.83. The van der Waals surface area contributed by atoms with Gasteiger partial charge >= 0.3 is 11.9 Å². The van der Waals surface area contributed by atoms with Gasteiger partial charge in [-0.15, -0.1) is 0 Å². The summed E-state index contributed by atoms with van der Waals surface area (Å²) in [4.78, 5) is 25.3. The number of benzene rings is 3. The van der Waals surface area contributed by atoms with Crippen molar-refractivity contribution < 1.29 is 26.5 Å². The van der Waals surface area contributed by atoms with Crippen molar-refractivity contribution in [1.29, 1.82) is 0 Å². The molecule has 0 amide bonds. The van der Waals surface area contributed by atoms with Crippen LogP contribution in [0.4, 0.5) is 0 Å². The molecule has 5 heteroatoms. The lowest BCUT2D eigenvalue weighted by atomic mass is 10.0. The van der Waals surface area contributed by atoms with Gasteiger partial charge in [0.25, 0.3) is 0 Å². The van der Waals surface area contributed by atoms with Gasteiger partial charge in [0.15, 0.2) is 0 Å². The highest BCUT2D eigenvalue weighted by Gasteiger charge is 2.13. The van der Waals surface area contributed by atoms with Crippen LogP contribution >= 0.6 is 0 Å². The summed E-state index contributed by atoms with van der Waals surface area (Å²) in [6.07, 6.45) is 14.8. The molecule has 0 N–H and O–H groups in total. The fraction of sp³-hybridized carbons (Fsp3) is 0.474. The van der Waals surface area contributed by atoms with Crippen LogP contribution in [0.1, 0.15) is 128 Å². The number of hydrogen-bond acceptors (Lipinski definition) is 5. The van der Waals surface area contributed by atoms with E-state index in [0.29, 0.717) is 17.9 Å². The SMILES string of the molecule is [2H]c1cc(C(=O)Oc2ccc(-c3ccc(C(=O)OC(C)CCCCCC)cc3)cc2)cc([2H])c1OCCCCCCCCCC. The Kier molecular flexibility index (Phi) is 14.0. The van der Waals surface area contributed by atoms with Gasteiger partial charge in [-0.2, -0.15) is 0 Å². The van der Waals surface area contributed by atoms with Crippen LogP contribution in [0.3, 0.4) is 0 Å². The molecule has 5 nitrogen and oxygen atoms in total. The van der Waals surface area contributed by atoms with Gasteiger partial charge in [0, 0.05) is 0 Å². The van der Waals surface area contributed by atoms with Crippen molar-refractivity contribution in [3.05, 3.63) is 83.9 Å². The maximum absolute atomic E-state index is 12.8. The number of ether oxygens (including phenoxy) is 3. The van der Waals surface area contributed by atoms with E-state index < -0.39 is 5.97 Å². The number of rotatable bonds is 20. The van der Waals surface area contributed by atoms with Crippen molar-refractivity contribution in [2.75, 3.05) is 6.61 Å². The summed E-state index contributed by atoms with van der Waals surface area (Å²) in [7, 11) is 0. The van der Waals surface area contributed by atoms with E-state index >= 15 is 0 Å². The van der Waals surface area contributed by atoms with Crippen LogP contribution in [-0.4, -0.2) is 24.6 Å². The zero-order valence-electron chi connectivity index (χ0n) is 28.3. The molecule has 0 fully saturated rings. The topological polar surface area (TPSA) is 61.8 Å². The van der Waals surface area contributed by atoms with E-state index in [1.165, 1.54) is 63.5 Å². The van der Waals surface area contributed by atoms with Gasteiger partial charge in [-0.3, -0.25) is 0 Å². The Morgan fingerprint density at radius 2 is 1.14 bits per heavy atom. The molecule has 0 radical (unpaired) electrons. The summed E-state index contributed by atoms with van der Waals surface area (Å²) < 4.78 is 33.4. The third kappa shape index (κ3) is 12.7. The molecule has 3 aromatic carbocycles. The van der Waals surface area contributed by atoms with Gasteiger partial charge in [0.05, 0.1) is 26.6 Å². The standard InChI is InChI=1S/C38H50O5/c1-4-6-8-10-11-12-13-15-29-41-35-25-23-34(24-26-35)38(40)43-36-27-21-32(22-28-36)31-17-19-33(20-18-31)37(39)42-30(3)16-14-9-7-5-2/h17-28,30H,4-16,29H2,1-3H3/i25D,26D. The van der Waals surface area contributed by atoms with Gasteiger partial charge < -0.3 is 14.2 Å². The van der Waals surface area contributed by atoms with Crippen LogP contribution in [0.25, 0.3) is 11.1 Å². The van der Waals surface area contributed by atoms with E-state index in [1.807, 2.05) is 31.2 Å². The van der Waals surface area contributed by atoms with Gasteiger partial charge in [0.1, 0.15) is 11.5 Å². The van der Waals surface area contributed by atoms with Crippen LogP contribution < -0.4 is 9.47 Å². The predicted octanol–water partition coefficient (Wildman–Crippen LogP) is 10.6. The van der Waals surface area contributed by atoms with Crippen LogP contribution in [0, 0.1) is 0 Å². The molecule has 3 rings (SSSR count). The summed E-state index contributed by atoms with van der Waals surface area (Å²) in [5.74, 6) is -0.414. The van der Waals surface area contributed by atoms with Crippen molar-refractivity contribution in [3.8, 4) is 22.6 Å². The highest BCUT2D eigenvalue weighted by atomic mass is 16.5. The monoisotopic (exact) mass is 588 g/mol. The Labute approximate surface area is 261 Å². The van der Waals surface area contributed by atoms with Crippen molar-refractivity contribution in [3.63, 3.8) is 0 Å². The van der Waals surface area contributed by atoms with Crippen molar-refractivity contribution >= 4 is 11.9 Å². The smallest absolute Gasteiger partial charge is 0.343 e. The van der Waals surface area contributed by atoms with E-state index in [-0.39, 0.29) is 35.5 Å². The maximum atomic E-state index is 12.8. The molecule has 0 bridgehead atoms. The fourth-order valence-electron chi connectivity index (χ4n) is 4.83. The quantitative estimate of drug-likeness (QED) is 0.0746. The van der Waals surface area contributed by atoms with E-state index in [9.17, 15) is 9.59 Å². The minimum Gasteiger partial charge on any atom is -0.494 e. The number of carbonyl (C=O) groups excluding carboxylic acids is 2. The third-order valence-corrected chi connectivity index (χ3v) is 7.49. The number of hydrogen-bond donors (Lipinski definition) is 0. The highest BCUT2D eigenvalue weighted by Crippen LogP contribution is 2.24. The van der Waals surface area contributed by atoms with Gasteiger partial charge in [-0.1, -0.05) is 102 Å². The molecule has 0 aliphatic carbocycles. The van der Waals surface area contributed by atoms with Crippen molar-refractivity contribution in [2.45, 2.75) is 110 Å². The lowest BCUT2D eigenvalue weighted by Crippen LogP contribution is -2.15. The summed E-state index contributed by atoms with van der Waals surface area (Å²) in [5, 5.41) is 0. The molecule has 0 saturated heterocycles. The first-order valence-corrected chi connectivity index (χ1v) is 16.2. The van der Waals surface area contributed by atoms with E-state index in [4.69, 9.17) is 17.0 Å². The second kappa shape index (κ2) is 19.6. The van der Waals surface area contributed by atoms with Gasteiger partial charge in [-0.25, -0.2) is 9.59 Å². The predicted molar refractivity (Wildman–Crippen MR) is 175 cm³/mol. The van der Waals surface area contributed by atoms with E-state index in [0.717, 1.165) is 43.2 Å². The summed E-state index contributed by atoms with van der Waals surface area (Å²) >= 11 is 0. The lowest BCUT2D eigenvalue weighted by molar-refractivity contribution is 0.0319. The normalized spacial score (nSPS) is 12.3. The first-order valence-electron chi connectivity index (χ1n) is 17.2. The Bertz CT molecular complexity index is 1300. The van der Waals surface area contributed by atoms with E-state index in [2.05, 4.69) is 13.8 Å². The molecule has 0 aromatic heterocycles. The Morgan fingerprint density at radius 3 is 1.74 bits per heavy atom. The summed E-state index contributed by atoms with van der Waals surface area (Å²) in [5.41, 5.74) is 2.46. The number of unbranched alkanes of at least 4 members (excludes halogenated alkanes) is 10. The second-order valence-corrected chi connectivity index (χ2v) is 11.2. The molecule has 3 aromatic rings. The van der Waals surface area contributed by atoms with E-state index in [1.54, 1.807) is 24.3 Å². The number of esters is 2. The Balaban J connectivity index is 1.48. The molecule has 1 unspecified atom stereocenters. The zero-order chi connectivity index (χ0) is 32.4. The zero-order valence-corrected chi connectivity index (χ0v) is 26.3. The molecule has 43 heavy (non-hydrogen) atoms.